The van der Waals surface area contributed by atoms with Crippen LogP contribution in [0.15, 0.2) is 192 Å². The molecule has 0 saturated carbocycles. The maximum Gasteiger partial charge on any atom is 0.346 e. The molecule has 2 atom stereocenters. The molecule has 11 aromatic rings. The molecule has 1 N–H and O–H groups in total. The van der Waals surface area contributed by atoms with Gasteiger partial charge in [-0.15, -0.1) is 58.0 Å². The number of para-hydroxylation sites is 2. The molecule has 5 nitrogen and oxygen atoms in total. The number of nitriles is 1. The molecule has 412 valence electrons. The molecule has 2 unspecified atom stereocenters. The zero-order valence-corrected chi connectivity index (χ0v) is 51.1. The predicted octanol–water partition coefficient (Wildman–Crippen LogP) is 23.1. The Morgan fingerprint density at radius 3 is 1.61 bits per heavy atom. The standard InChI is InChI=1S/C72H67N3O2S5/c1-5-7-9-13-27-53-43-65(70-54(28-14-10-8-6-2)42-64(80-70)47(3)48(4)68-67(78)71-66(81-68)45-63(79-71)41-56(46-73)72(76)77)82-69(53)55-39-61(74(57-29-15-11-16-30-57)59-35-33-49-23-19-21-25-51(49)37-59)44-62(40-55)75(58-31-17-12-18-32-58)60-36-34-50-24-20-22-26-52(50)38-60/h11-12,15-26,29-45,47-48,78H,5-10,13-14,27-28H2,1-4H3,(H,76,77)/b56-41-. The lowest BCUT2D eigenvalue weighted by Crippen LogP contribution is -2.13. The quantitative estimate of drug-likeness (QED) is 0.0289. The summed E-state index contributed by atoms with van der Waals surface area (Å²) in [7, 11) is 0. The van der Waals surface area contributed by atoms with Gasteiger partial charge in [0, 0.05) is 73.0 Å². The highest BCUT2D eigenvalue weighted by Gasteiger charge is 2.28. The summed E-state index contributed by atoms with van der Waals surface area (Å²) in [4.78, 5) is 24.9. The van der Waals surface area contributed by atoms with E-state index in [2.05, 4.69) is 213 Å². The second-order valence-electron chi connectivity index (χ2n) is 21.4. The van der Waals surface area contributed by atoms with Crippen LogP contribution in [0.1, 0.15) is 117 Å². The summed E-state index contributed by atoms with van der Waals surface area (Å²) in [5.74, 6) is -0.817. The van der Waals surface area contributed by atoms with E-state index in [0.29, 0.717) is 0 Å². The van der Waals surface area contributed by atoms with Gasteiger partial charge in [0.1, 0.15) is 11.6 Å². The maximum absolute atomic E-state index is 11.7. The average molecular weight is 1170 g/mol. The van der Waals surface area contributed by atoms with Gasteiger partial charge in [-0.2, -0.15) is 5.26 Å². The van der Waals surface area contributed by atoms with Gasteiger partial charge in [0.25, 0.3) is 0 Å². The van der Waals surface area contributed by atoms with Crippen LogP contribution in [0, 0.1) is 11.3 Å². The van der Waals surface area contributed by atoms with Crippen molar-refractivity contribution in [3.8, 4) is 26.3 Å². The minimum absolute atomic E-state index is 0.184. The van der Waals surface area contributed by atoms with Crippen molar-refractivity contribution < 1.29 is 9.90 Å². The van der Waals surface area contributed by atoms with Gasteiger partial charge in [-0.1, -0.05) is 163 Å². The highest BCUT2D eigenvalue weighted by Crippen LogP contribution is 2.52. The molecule has 0 radical (unpaired) electrons. The summed E-state index contributed by atoms with van der Waals surface area (Å²) in [5.41, 5.74) is 10.3. The van der Waals surface area contributed by atoms with Crippen LogP contribution in [0.3, 0.4) is 0 Å². The van der Waals surface area contributed by atoms with Crippen LogP contribution in [0.4, 0.5) is 34.1 Å². The Morgan fingerprint density at radius 1 is 0.549 bits per heavy atom. The number of carboxylic acid groups (broad SMARTS) is 1. The van der Waals surface area contributed by atoms with Crippen LogP contribution in [-0.2, 0) is 17.6 Å². The number of thiol groups is 1. The van der Waals surface area contributed by atoms with Gasteiger partial charge < -0.3 is 14.9 Å². The smallest absolute Gasteiger partial charge is 0.346 e. The van der Waals surface area contributed by atoms with Crippen molar-refractivity contribution in [1.82, 2.24) is 0 Å². The largest absolute Gasteiger partial charge is 0.477 e. The van der Waals surface area contributed by atoms with E-state index in [0.717, 1.165) is 79.0 Å². The van der Waals surface area contributed by atoms with Gasteiger partial charge >= 0.3 is 5.97 Å². The van der Waals surface area contributed by atoms with Gasteiger partial charge in [-0.05, 0) is 167 Å². The third kappa shape index (κ3) is 12.3. The lowest BCUT2D eigenvalue weighted by Gasteiger charge is -2.30. The Morgan fingerprint density at radius 2 is 1.09 bits per heavy atom. The number of aryl methyl sites for hydroxylation is 2. The van der Waals surface area contributed by atoms with Gasteiger partial charge in [0.15, 0.2) is 0 Å². The van der Waals surface area contributed by atoms with Crippen LogP contribution in [0.5, 0.6) is 0 Å². The number of carboxylic acids is 1. The van der Waals surface area contributed by atoms with Crippen molar-refractivity contribution in [2.45, 2.75) is 109 Å². The van der Waals surface area contributed by atoms with Crippen molar-refractivity contribution in [2.75, 3.05) is 9.80 Å². The normalized spacial score (nSPS) is 12.5. The van der Waals surface area contributed by atoms with E-state index in [-0.39, 0.29) is 17.4 Å². The second kappa shape index (κ2) is 25.9. The zero-order chi connectivity index (χ0) is 56.7. The summed E-state index contributed by atoms with van der Waals surface area (Å²) in [5, 5.41) is 23.8. The van der Waals surface area contributed by atoms with Crippen LogP contribution in [0.25, 0.3) is 57.2 Å². The number of rotatable bonds is 23. The van der Waals surface area contributed by atoms with Crippen LogP contribution >= 0.6 is 58.0 Å². The Balaban J connectivity index is 1.08. The Bertz CT molecular complexity index is 3960. The Labute approximate surface area is 504 Å². The van der Waals surface area contributed by atoms with Crippen molar-refractivity contribution >= 4 is 135 Å². The molecule has 10 heteroatoms. The predicted molar refractivity (Wildman–Crippen MR) is 358 cm³/mol. The summed E-state index contributed by atoms with van der Waals surface area (Å²) in [6.07, 6.45) is 13.0. The highest BCUT2D eigenvalue weighted by atomic mass is 32.1. The third-order valence-electron chi connectivity index (χ3n) is 15.8. The molecular weight excluding hydrogens is 1100 g/mol. The lowest BCUT2D eigenvalue weighted by atomic mass is 9.92. The number of benzene rings is 7. The summed E-state index contributed by atoms with van der Waals surface area (Å²) < 4.78 is 2.11. The van der Waals surface area contributed by atoms with Gasteiger partial charge in [0.05, 0.1) is 4.70 Å². The van der Waals surface area contributed by atoms with Gasteiger partial charge in [-0.3, -0.25) is 0 Å². The molecule has 4 heterocycles. The minimum Gasteiger partial charge on any atom is -0.477 e. The van der Waals surface area contributed by atoms with Crippen molar-refractivity contribution in [3.05, 3.63) is 213 Å². The fourth-order valence-electron chi connectivity index (χ4n) is 11.2. The lowest BCUT2D eigenvalue weighted by molar-refractivity contribution is -0.132. The molecule has 0 amide bonds. The van der Waals surface area contributed by atoms with Crippen molar-refractivity contribution in [3.63, 3.8) is 0 Å². The number of hydrogen-bond donors (Lipinski definition) is 2. The Hall–Kier alpha value is -7.23. The van der Waals surface area contributed by atoms with E-state index in [4.69, 9.17) is 12.6 Å². The summed E-state index contributed by atoms with van der Waals surface area (Å²) in [6, 6.07) is 68.9. The number of anilines is 6. The van der Waals surface area contributed by atoms with Gasteiger partial charge in [0.2, 0.25) is 0 Å². The molecular formula is C72H67N3O2S5. The molecule has 82 heavy (non-hydrogen) atoms. The van der Waals surface area contributed by atoms with Crippen LogP contribution in [-0.4, -0.2) is 11.1 Å². The molecule has 0 fully saturated rings. The molecule has 0 aliphatic rings. The molecule has 7 aromatic carbocycles. The molecule has 0 aliphatic heterocycles. The minimum atomic E-state index is -1.22. The van der Waals surface area contributed by atoms with E-state index in [1.54, 1.807) is 11.3 Å². The fraction of sp³-hybridized carbons (Fsp3) is 0.222. The first-order valence-electron chi connectivity index (χ1n) is 28.8. The summed E-state index contributed by atoms with van der Waals surface area (Å²) >= 11 is 12.3. The molecule has 0 saturated heterocycles. The number of hydrogen-bond acceptors (Lipinski definition) is 9. The number of carbonyl (C=O) groups is 1. The van der Waals surface area contributed by atoms with E-state index in [1.165, 1.54) is 119 Å². The van der Waals surface area contributed by atoms with Crippen molar-refractivity contribution in [2.24, 2.45) is 0 Å². The second-order valence-corrected chi connectivity index (χ2v) is 26.2. The van der Waals surface area contributed by atoms with Crippen LogP contribution in [0.2, 0.25) is 0 Å². The molecule has 4 aromatic heterocycles. The first-order chi connectivity index (χ1) is 40.1. The topological polar surface area (TPSA) is 67.6 Å². The number of unbranched alkanes of at least 4 members (excludes halogenated alkanes) is 6. The van der Waals surface area contributed by atoms with Gasteiger partial charge in [-0.25, -0.2) is 4.79 Å². The SMILES string of the molecule is CCCCCCc1cc(-c2sc(C(C)C(C)c3sc4cc(/C=C(/C#N)C(=O)O)sc4c3S)cc2CCCCCC)sc1-c1cc(N(c2ccccc2)c2ccc3ccccc3c2)cc(N(c2ccccc2)c2ccc3ccccc3c2)c1. The van der Waals surface area contributed by atoms with E-state index in [9.17, 15) is 15.2 Å². The third-order valence-corrected chi connectivity index (χ3v) is 21.9. The first kappa shape index (κ1) is 56.6. The fourth-order valence-corrected chi connectivity index (χ4v) is 17.2. The van der Waals surface area contributed by atoms with E-state index < -0.39 is 5.97 Å². The molecule has 11 rings (SSSR count). The number of fused-ring (bicyclic) bond motifs is 3. The first-order valence-corrected chi connectivity index (χ1v) is 32.5. The Kier molecular flexibility index (Phi) is 17.9. The van der Waals surface area contributed by atoms with Crippen LogP contribution < -0.4 is 9.80 Å². The molecule has 0 spiro atoms. The van der Waals surface area contributed by atoms with E-state index in [1.807, 2.05) is 34.8 Å². The van der Waals surface area contributed by atoms with Crippen molar-refractivity contribution in [1.29, 1.82) is 5.26 Å². The monoisotopic (exact) mass is 1170 g/mol. The molecule has 0 aliphatic carbocycles. The number of nitrogens with zero attached hydrogens (tertiary/aromatic N) is 3. The summed E-state index contributed by atoms with van der Waals surface area (Å²) in [6.45, 7) is 9.28. The molecule has 0 bridgehead atoms. The number of thiophene rings is 4. The zero-order valence-electron chi connectivity index (χ0n) is 46.9. The highest BCUT2D eigenvalue weighted by molar-refractivity contribution is 7.81. The van der Waals surface area contributed by atoms with E-state index >= 15 is 0 Å². The number of aliphatic carboxylic acids is 1. The average Bonchev–Trinajstić information content (AvgIpc) is 4.23. The maximum atomic E-state index is 11.7.